The van der Waals surface area contributed by atoms with Crippen LogP contribution in [-0.4, -0.2) is 25.3 Å². The van der Waals surface area contributed by atoms with E-state index in [1.54, 1.807) is 0 Å². The zero-order chi connectivity index (χ0) is 11.4. The fourth-order valence-electron chi connectivity index (χ4n) is 2.48. The summed E-state index contributed by atoms with van der Waals surface area (Å²) in [6, 6.07) is 0. The number of rotatable bonds is 5. The second kappa shape index (κ2) is 6.62. The maximum absolute atomic E-state index is 6.04. The first-order valence-electron chi connectivity index (χ1n) is 5.80. The summed E-state index contributed by atoms with van der Waals surface area (Å²) in [5, 5.41) is 0. The molecule has 0 N–H and O–H groups in total. The molecule has 15 heavy (non-hydrogen) atoms. The lowest BCUT2D eigenvalue weighted by atomic mass is 9.85. The van der Waals surface area contributed by atoms with E-state index in [1.165, 1.54) is 25.4 Å². The van der Waals surface area contributed by atoms with E-state index in [0.717, 1.165) is 11.8 Å². The maximum Gasteiger partial charge on any atom is 0.188 e. The molecule has 0 aromatic carbocycles. The standard InChI is InChI=1S/C11H21BPS2/c1-4-9-5-11(12)6-10(9)7-13(14)8(2)15-3/h8-11H,4-7H2,1-3H3/q+1. The Morgan fingerprint density at radius 3 is 2.60 bits per heavy atom. The molecule has 1 aliphatic carbocycles. The van der Waals surface area contributed by atoms with Crippen LogP contribution in [0.5, 0.6) is 0 Å². The van der Waals surface area contributed by atoms with E-state index >= 15 is 0 Å². The van der Waals surface area contributed by atoms with Crippen molar-refractivity contribution < 1.29 is 0 Å². The SMILES string of the molecule is [B]C1CC(CC)C(C[P+](=S)C(C)SC)C1. The zero-order valence-corrected chi connectivity index (χ0v) is 12.5. The lowest BCUT2D eigenvalue weighted by Gasteiger charge is -2.14. The summed E-state index contributed by atoms with van der Waals surface area (Å²) in [6.07, 6.45) is 7.16. The van der Waals surface area contributed by atoms with Crippen LogP contribution in [0.25, 0.3) is 0 Å². The monoisotopic (exact) mass is 259 g/mol. The first-order valence-corrected chi connectivity index (χ1v) is 9.70. The average Bonchev–Trinajstić information content (AvgIpc) is 2.57. The molecule has 5 unspecified atom stereocenters. The fraction of sp³-hybridized carbons (Fsp3) is 1.00. The van der Waals surface area contributed by atoms with Crippen molar-refractivity contribution in [1.29, 1.82) is 0 Å². The van der Waals surface area contributed by atoms with Crippen molar-refractivity contribution in [1.82, 2.24) is 0 Å². The molecule has 1 aliphatic rings. The molecule has 1 rings (SSSR count). The van der Waals surface area contributed by atoms with Crippen molar-refractivity contribution in [3.63, 3.8) is 0 Å². The third-order valence-corrected chi connectivity index (χ3v) is 9.08. The highest BCUT2D eigenvalue weighted by molar-refractivity contribution is 8.15. The summed E-state index contributed by atoms with van der Waals surface area (Å²) in [7, 11) is 6.04. The summed E-state index contributed by atoms with van der Waals surface area (Å²) < 4.78 is 0. The van der Waals surface area contributed by atoms with Gasteiger partial charge in [0.25, 0.3) is 0 Å². The van der Waals surface area contributed by atoms with E-state index in [-0.39, 0.29) is 6.70 Å². The third kappa shape index (κ3) is 4.02. The number of hydrogen-bond acceptors (Lipinski definition) is 2. The molecule has 0 aliphatic heterocycles. The molecular formula is C11H21BPS2+. The third-order valence-electron chi connectivity index (χ3n) is 3.56. The second-order valence-electron chi connectivity index (χ2n) is 4.59. The van der Waals surface area contributed by atoms with Crippen molar-refractivity contribution >= 4 is 38.1 Å². The number of thioether (sulfide) groups is 1. The molecule has 0 spiro atoms. The Kier molecular flexibility index (Phi) is 6.17. The Hall–Kier alpha value is 0.935. The molecule has 1 fully saturated rings. The molecule has 0 aromatic heterocycles. The minimum atomic E-state index is -0.214. The molecule has 0 bridgehead atoms. The van der Waals surface area contributed by atoms with Crippen LogP contribution in [0.4, 0.5) is 0 Å². The van der Waals surface area contributed by atoms with Crippen molar-refractivity contribution in [3.8, 4) is 0 Å². The van der Waals surface area contributed by atoms with E-state index in [9.17, 15) is 0 Å². The average molecular weight is 259 g/mol. The van der Waals surface area contributed by atoms with Crippen LogP contribution in [-0.2, 0) is 11.8 Å². The topological polar surface area (TPSA) is 0 Å². The van der Waals surface area contributed by atoms with Gasteiger partial charge in [-0.05, 0) is 19.1 Å². The van der Waals surface area contributed by atoms with Crippen LogP contribution in [0, 0.1) is 11.8 Å². The molecule has 1 saturated carbocycles. The Morgan fingerprint density at radius 1 is 1.47 bits per heavy atom. The van der Waals surface area contributed by atoms with Gasteiger partial charge in [-0.15, -0.1) is 11.8 Å². The molecule has 0 amide bonds. The Labute approximate surface area is 106 Å². The van der Waals surface area contributed by atoms with E-state index in [0.29, 0.717) is 10.8 Å². The number of hydrogen-bond donors (Lipinski definition) is 0. The highest BCUT2D eigenvalue weighted by Crippen LogP contribution is 2.46. The maximum atomic E-state index is 6.04. The van der Waals surface area contributed by atoms with Gasteiger partial charge in [-0.25, -0.2) is 0 Å². The van der Waals surface area contributed by atoms with Gasteiger partial charge in [-0.2, -0.15) is 0 Å². The van der Waals surface area contributed by atoms with E-state index in [2.05, 4.69) is 20.1 Å². The summed E-state index contributed by atoms with van der Waals surface area (Å²) in [6.45, 7) is 4.35. The minimum Gasteiger partial charge on any atom is -0.114 e. The molecule has 2 radical (unpaired) electrons. The molecule has 84 valence electrons. The van der Waals surface area contributed by atoms with Gasteiger partial charge < -0.3 is 0 Å². The van der Waals surface area contributed by atoms with Gasteiger partial charge in [0.05, 0.1) is 7.85 Å². The van der Waals surface area contributed by atoms with Crippen molar-refractivity contribution in [2.75, 3.05) is 12.4 Å². The minimum absolute atomic E-state index is 0.214. The predicted molar refractivity (Wildman–Crippen MR) is 78.1 cm³/mol. The zero-order valence-electron chi connectivity index (χ0n) is 9.98. The molecular weight excluding hydrogens is 238 g/mol. The molecule has 0 saturated heterocycles. The van der Waals surface area contributed by atoms with Crippen molar-refractivity contribution in [2.45, 2.75) is 43.9 Å². The Morgan fingerprint density at radius 2 is 2.07 bits per heavy atom. The van der Waals surface area contributed by atoms with Gasteiger partial charge in [-0.3, -0.25) is 0 Å². The second-order valence-corrected chi connectivity index (χ2v) is 9.50. The Balaban J connectivity index is 2.46. The fourth-order valence-corrected chi connectivity index (χ4v) is 6.23. The highest BCUT2D eigenvalue weighted by Gasteiger charge is 2.35. The summed E-state index contributed by atoms with van der Waals surface area (Å²) in [5.41, 5.74) is 0. The van der Waals surface area contributed by atoms with E-state index < -0.39 is 0 Å². The predicted octanol–water partition coefficient (Wildman–Crippen LogP) is 4.03. The van der Waals surface area contributed by atoms with Crippen LogP contribution in [0.1, 0.15) is 33.1 Å². The van der Waals surface area contributed by atoms with Gasteiger partial charge in [0.1, 0.15) is 6.16 Å². The molecule has 5 atom stereocenters. The molecule has 4 heteroatoms. The van der Waals surface area contributed by atoms with Gasteiger partial charge >= 0.3 is 0 Å². The van der Waals surface area contributed by atoms with Crippen LogP contribution in [0.15, 0.2) is 0 Å². The van der Waals surface area contributed by atoms with Gasteiger partial charge in [0, 0.05) is 5.92 Å². The van der Waals surface area contributed by atoms with E-state index in [1.807, 2.05) is 11.8 Å². The summed E-state index contributed by atoms with van der Waals surface area (Å²) in [5.74, 6) is 2.12. The lowest BCUT2D eigenvalue weighted by molar-refractivity contribution is 0.412. The molecule has 0 heterocycles. The summed E-state index contributed by atoms with van der Waals surface area (Å²) in [4.78, 5) is 0.671. The Bertz CT molecular complexity index is 223. The van der Waals surface area contributed by atoms with Gasteiger partial charge in [0.15, 0.2) is 23.5 Å². The molecule has 0 nitrogen and oxygen atoms in total. The lowest BCUT2D eigenvalue weighted by Crippen LogP contribution is -2.10. The van der Waals surface area contributed by atoms with E-state index in [4.69, 9.17) is 19.7 Å². The molecule has 0 aromatic rings. The van der Waals surface area contributed by atoms with Crippen molar-refractivity contribution in [2.24, 2.45) is 11.8 Å². The normalized spacial score (nSPS) is 34.1. The quantitative estimate of drug-likeness (QED) is 0.540. The first-order chi connectivity index (χ1) is 7.08. The largest absolute Gasteiger partial charge is 0.188 e. The van der Waals surface area contributed by atoms with Gasteiger partial charge in [0.2, 0.25) is 0 Å². The summed E-state index contributed by atoms with van der Waals surface area (Å²) >= 11 is 7.56. The highest BCUT2D eigenvalue weighted by atomic mass is 32.4. The van der Waals surface area contributed by atoms with Crippen LogP contribution in [0.2, 0.25) is 5.82 Å². The van der Waals surface area contributed by atoms with Gasteiger partial charge in [-0.1, -0.05) is 32.0 Å². The van der Waals surface area contributed by atoms with Crippen molar-refractivity contribution in [3.05, 3.63) is 0 Å². The van der Waals surface area contributed by atoms with Crippen LogP contribution >= 0.6 is 18.5 Å². The first kappa shape index (κ1) is 14.0. The smallest absolute Gasteiger partial charge is 0.114 e. The van der Waals surface area contributed by atoms with Crippen LogP contribution in [0.3, 0.4) is 0 Å². The van der Waals surface area contributed by atoms with Crippen LogP contribution < -0.4 is 0 Å².